The van der Waals surface area contributed by atoms with Gasteiger partial charge in [0.25, 0.3) is 0 Å². The summed E-state index contributed by atoms with van der Waals surface area (Å²) in [6.07, 6.45) is 4.06. The fraction of sp³-hybridized carbons (Fsp3) is 0.471. The van der Waals surface area contributed by atoms with Gasteiger partial charge in [-0.2, -0.15) is 0 Å². The monoisotopic (exact) mass is 585 g/mol. The van der Waals surface area contributed by atoms with Gasteiger partial charge in [-0.25, -0.2) is 0 Å². The Morgan fingerprint density at radius 3 is 1.07 bits per heavy atom. The van der Waals surface area contributed by atoms with Crippen molar-refractivity contribution in [3.05, 3.63) is 89.5 Å². The first-order chi connectivity index (χ1) is 19.9. The van der Waals surface area contributed by atoms with E-state index in [2.05, 4.69) is 36.4 Å². The maximum atomic E-state index is 9.13. The molecule has 0 bridgehead atoms. The zero-order chi connectivity index (χ0) is 31.1. The summed E-state index contributed by atoms with van der Waals surface area (Å²) in [5.74, 6) is 2.49. The molecule has 8 heteroatoms. The molecule has 42 heavy (non-hydrogen) atoms. The molecule has 0 spiro atoms. The molecule has 0 saturated heterocycles. The molecule has 3 rings (SSSR count). The lowest BCUT2D eigenvalue weighted by atomic mass is 9.69. The summed E-state index contributed by atoms with van der Waals surface area (Å²) in [5, 5.41) is 18.3. The minimum Gasteiger partial charge on any atom is -0.497 e. The highest BCUT2D eigenvalue weighted by Gasteiger charge is 2.31. The fourth-order valence-electron chi connectivity index (χ4n) is 4.62. The van der Waals surface area contributed by atoms with Crippen LogP contribution in [0.1, 0.15) is 71.1 Å². The summed E-state index contributed by atoms with van der Waals surface area (Å²) < 4.78 is 21.1. The molecule has 0 aromatic heterocycles. The lowest BCUT2D eigenvalue weighted by Crippen LogP contribution is -2.30. The minimum absolute atomic E-state index is 0. The Morgan fingerprint density at radius 2 is 0.833 bits per heavy atom. The Morgan fingerprint density at radius 1 is 0.548 bits per heavy atom. The molecule has 7 nitrogen and oxygen atoms in total. The Bertz CT molecular complexity index is 891. The van der Waals surface area contributed by atoms with Crippen LogP contribution in [0.2, 0.25) is 0 Å². The molecule has 0 heterocycles. The summed E-state index contributed by atoms with van der Waals surface area (Å²) >= 11 is 0. The highest BCUT2D eigenvalue weighted by atomic mass is 16.6. The van der Waals surface area contributed by atoms with E-state index in [0.29, 0.717) is 6.42 Å². The van der Waals surface area contributed by atoms with E-state index >= 15 is 0 Å². The van der Waals surface area contributed by atoms with Crippen LogP contribution in [-0.2, 0) is 23.9 Å². The second kappa shape index (κ2) is 24.6. The first-order valence-corrected chi connectivity index (χ1v) is 14.8. The number of ether oxygens (including phenoxy) is 3. The van der Waals surface area contributed by atoms with Crippen molar-refractivity contribution in [2.45, 2.75) is 73.6 Å². The molecule has 0 aliphatic heterocycles. The average molecular weight is 586 g/mol. The van der Waals surface area contributed by atoms with Crippen molar-refractivity contribution in [3.63, 3.8) is 0 Å². The largest absolute Gasteiger partial charge is 0.633 e. The van der Waals surface area contributed by atoms with Crippen molar-refractivity contribution >= 4 is 7.32 Å². The predicted octanol–water partition coefficient (Wildman–Crippen LogP) is 7.73. The Kier molecular flexibility index (Phi) is 24.0. The summed E-state index contributed by atoms with van der Waals surface area (Å²) in [6, 6.07) is 24.6. The molecule has 236 valence electrons. The molecular weight excluding hydrogens is 529 g/mol. The summed E-state index contributed by atoms with van der Waals surface area (Å²) in [4.78, 5) is 0. The number of benzene rings is 3. The van der Waals surface area contributed by atoms with Gasteiger partial charge in [0.15, 0.2) is 0 Å². The quantitative estimate of drug-likeness (QED) is 0.131. The lowest BCUT2D eigenvalue weighted by molar-refractivity contribution is 0.161. The SMILES string of the molecule is CC.CC.CC.COc1ccc(CC(CCCOB(O)O)(Cc2ccc(OC)cc2)Cc2ccc(OC)cc2)cc1.N. The van der Waals surface area contributed by atoms with Gasteiger partial charge in [0.2, 0.25) is 0 Å². The maximum absolute atomic E-state index is 9.13. The molecule has 3 aromatic carbocycles. The number of hydrogen-bond acceptors (Lipinski definition) is 7. The third kappa shape index (κ3) is 15.3. The molecule has 0 radical (unpaired) electrons. The van der Waals surface area contributed by atoms with Crippen LogP contribution < -0.4 is 20.4 Å². The number of rotatable bonds is 14. The minimum atomic E-state index is -1.76. The van der Waals surface area contributed by atoms with Crippen LogP contribution in [0.15, 0.2) is 72.8 Å². The van der Waals surface area contributed by atoms with Gasteiger partial charge in [-0.15, -0.1) is 0 Å². The number of methoxy groups -OCH3 is 3. The first kappa shape index (κ1) is 41.1. The highest BCUT2D eigenvalue weighted by molar-refractivity contribution is 6.32. The van der Waals surface area contributed by atoms with Gasteiger partial charge >= 0.3 is 7.32 Å². The molecule has 0 aliphatic rings. The molecule has 0 fully saturated rings. The smallest absolute Gasteiger partial charge is 0.497 e. The molecule has 0 atom stereocenters. The second-order valence-corrected chi connectivity index (χ2v) is 8.88. The van der Waals surface area contributed by atoms with Crippen molar-refractivity contribution in [2.75, 3.05) is 27.9 Å². The highest BCUT2D eigenvalue weighted by Crippen LogP contribution is 2.38. The van der Waals surface area contributed by atoms with Crippen LogP contribution >= 0.6 is 0 Å². The van der Waals surface area contributed by atoms with E-state index < -0.39 is 7.32 Å². The van der Waals surface area contributed by atoms with Crippen LogP contribution in [0.5, 0.6) is 17.2 Å². The van der Waals surface area contributed by atoms with Gasteiger partial charge in [-0.1, -0.05) is 77.9 Å². The van der Waals surface area contributed by atoms with Crippen LogP contribution in [0.3, 0.4) is 0 Å². The summed E-state index contributed by atoms with van der Waals surface area (Å²) in [7, 11) is 3.25. The Labute approximate surface area is 256 Å². The lowest BCUT2D eigenvalue weighted by Gasteiger charge is -2.35. The van der Waals surface area contributed by atoms with Gasteiger partial charge < -0.3 is 35.1 Å². The third-order valence-electron chi connectivity index (χ3n) is 6.33. The second-order valence-electron chi connectivity index (χ2n) is 8.88. The van der Waals surface area contributed by atoms with Crippen molar-refractivity contribution in [3.8, 4) is 17.2 Å². The van der Waals surface area contributed by atoms with Gasteiger partial charge in [-0.3, -0.25) is 0 Å². The van der Waals surface area contributed by atoms with Gasteiger partial charge in [0, 0.05) is 6.61 Å². The zero-order valence-electron chi connectivity index (χ0n) is 27.5. The van der Waals surface area contributed by atoms with Crippen molar-refractivity contribution in [2.24, 2.45) is 5.41 Å². The van der Waals surface area contributed by atoms with Crippen molar-refractivity contribution < 1.29 is 28.9 Å². The first-order valence-electron chi connectivity index (χ1n) is 14.8. The van der Waals surface area contributed by atoms with E-state index in [4.69, 9.17) is 28.9 Å². The van der Waals surface area contributed by atoms with Crippen LogP contribution in [0.4, 0.5) is 0 Å². The van der Waals surface area contributed by atoms with E-state index in [9.17, 15) is 0 Å². The van der Waals surface area contributed by atoms with E-state index in [1.165, 1.54) is 16.7 Å². The predicted molar refractivity (Wildman–Crippen MR) is 177 cm³/mol. The molecule has 0 unspecified atom stereocenters. The Hall–Kier alpha value is -3.04. The zero-order valence-corrected chi connectivity index (χ0v) is 27.5. The van der Waals surface area contributed by atoms with Crippen molar-refractivity contribution in [1.29, 1.82) is 0 Å². The fourth-order valence-corrected chi connectivity index (χ4v) is 4.62. The van der Waals surface area contributed by atoms with Gasteiger partial charge in [0.1, 0.15) is 17.2 Å². The molecule has 3 aromatic rings. The number of hydrogen-bond donors (Lipinski definition) is 3. The van der Waals surface area contributed by atoms with Crippen LogP contribution in [-0.4, -0.2) is 45.3 Å². The Balaban J connectivity index is 0. The van der Waals surface area contributed by atoms with Crippen molar-refractivity contribution in [1.82, 2.24) is 6.15 Å². The molecule has 0 amide bonds. The average Bonchev–Trinajstić information content (AvgIpc) is 3.03. The van der Waals surface area contributed by atoms with Gasteiger partial charge in [-0.05, 0) is 90.6 Å². The molecule has 0 aliphatic carbocycles. The van der Waals surface area contributed by atoms with Crippen LogP contribution in [0, 0.1) is 5.41 Å². The van der Waals surface area contributed by atoms with E-state index in [1.54, 1.807) is 21.3 Å². The summed E-state index contributed by atoms with van der Waals surface area (Å²) in [5.41, 5.74) is 3.52. The standard InChI is InChI=1S/C28H35BO6.3C2H6.H3N/c1-32-25-11-5-22(6-12-25)19-28(17-4-18-35-29(30)31,20-23-7-13-26(33-2)14-8-23)21-24-9-15-27(34-3)16-10-24;3*1-2;/h5-16,30-31H,4,17-21H2,1-3H3;3*1-2H3;1H3. The van der Waals surface area contributed by atoms with E-state index in [1.807, 2.05) is 77.9 Å². The van der Waals surface area contributed by atoms with Crippen LogP contribution in [0.25, 0.3) is 0 Å². The summed E-state index contributed by atoms with van der Waals surface area (Å²) in [6.45, 7) is 12.3. The molecule has 0 saturated carbocycles. The topological polar surface area (TPSA) is 112 Å². The molecule has 5 N–H and O–H groups in total. The third-order valence-corrected chi connectivity index (χ3v) is 6.33. The van der Waals surface area contributed by atoms with E-state index in [0.717, 1.165) is 42.9 Å². The van der Waals surface area contributed by atoms with E-state index in [-0.39, 0.29) is 18.2 Å². The molecular formula is C34H56BNO6. The van der Waals surface area contributed by atoms with Gasteiger partial charge in [0.05, 0.1) is 21.3 Å². The maximum Gasteiger partial charge on any atom is 0.633 e. The normalized spacial score (nSPS) is 9.79.